The highest BCUT2D eigenvalue weighted by atomic mass is 32.2. The lowest BCUT2D eigenvalue weighted by Crippen LogP contribution is -2.19. The largest absolute Gasteiger partial charge is 0.462 e. The van der Waals surface area contributed by atoms with Gasteiger partial charge in [0.05, 0.1) is 13.2 Å². The molecule has 0 spiro atoms. The smallest absolute Gasteiger partial charge is 0.346 e. The van der Waals surface area contributed by atoms with Crippen LogP contribution in [0.1, 0.15) is 13.8 Å². The van der Waals surface area contributed by atoms with Crippen molar-refractivity contribution in [2.24, 2.45) is 4.99 Å². The number of hydrogen-bond acceptors (Lipinski definition) is 5. The van der Waals surface area contributed by atoms with Crippen LogP contribution in [0.15, 0.2) is 15.6 Å². The van der Waals surface area contributed by atoms with Crippen molar-refractivity contribution >= 4 is 22.9 Å². The number of hydrogen-bond donors (Lipinski definition) is 0. The monoisotopic (exact) mass is 212 g/mol. The Balaban J connectivity index is 2.17. The molecule has 0 aromatic carbocycles. The van der Waals surface area contributed by atoms with Crippen molar-refractivity contribution in [2.75, 3.05) is 19.7 Å². The van der Waals surface area contributed by atoms with Crippen molar-refractivity contribution in [3.05, 3.63) is 10.6 Å². The van der Waals surface area contributed by atoms with Gasteiger partial charge in [-0.15, -0.1) is 0 Å². The van der Waals surface area contributed by atoms with Crippen molar-refractivity contribution in [2.45, 2.75) is 13.8 Å². The number of nitrogens with zero attached hydrogens (tertiary/aromatic N) is 2. The molecule has 2 heterocycles. The SMILES string of the molecule is CCOC(=O)C1=C(C)N2CCN=C2S1. The van der Waals surface area contributed by atoms with E-state index < -0.39 is 0 Å². The number of carbonyl (C=O) groups is 1. The van der Waals surface area contributed by atoms with Gasteiger partial charge in [-0.05, 0) is 25.6 Å². The van der Waals surface area contributed by atoms with E-state index >= 15 is 0 Å². The molecule has 76 valence electrons. The Hall–Kier alpha value is -0.970. The maximum atomic E-state index is 11.5. The molecule has 0 saturated heterocycles. The standard InChI is InChI=1S/C9H12N2O2S/c1-3-13-8(12)7-6(2)11-5-4-10-9(11)14-7/h3-5H2,1-2H3. The van der Waals surface area contributed by atoms with Crippen molar-refractivity contribution in [3.8, 4) is 0 Å². The first kappa shape index (κ1) is 9.58. The molecule has 0 aromatic rings. The van der Waals surface area contributed by atoms with Crippen LogP contribution in [0.25, 0.3) is 0 Å². The summed E-state index contributed by atoms with van der Waals surface area (Å²) in [5.41, 5.74) is 0.977. The minimum atomic E-state index is -0.230. The van der Waals surface area contributed by atoms with Crippen LogP contribution in [0.3, 0.4) is 0 Å². The van der Waals surface area contributed by atoms with Gasteiger partial charge in [0.25, 0.3) is 0 Å². The third-order valence-electron chi connectivity index (χ3n) is 2.19. The summed E-state index contributed by atoms with van der Waals surface area (Å²) in [4.78, 5) is 18.6. The van der Waals surface area contributed by atoms with Crippen molar-refractivity contribution < 1.29 is 9.53 Å². The fourth-order valence-electron chi connectivity index (χ4n) is 1.50. The van der Waals surface area contributed by atoms with Crippen LogP contribution in [-0.4, -0.2) is 35.7 Å². The van der Waals surface area contributed by atoms with Gasteiger partial charge in [0, 0.05) is 12.2 Å². The lowest BCUT2D eigenvalue weighted by atomic mass is 10.4. The Morgan fingerprint density at radius 2 is 2.50 bits per heavy atom. The summed E-state index contributed by atoms with van der Waals surface area (Å²) in [6.45, 7) is 5.88. The number of carbonyl (C=O) groups excluding carboxylic acids is 1. The summed E-state index contributed by atoms with van der Waals surface area (Å²) < 4.78 is 4.96. The number of esters is 1. The van der Waals surface area contributed by atoms with Gasteiger partial charge in [-0.3, -0.25) is 4.99 Å². The first-order chi connectivity index (χ1) is 6.74. The Morgan fingerprint density at radius 1 is 1.71 bits per heavy atom. The minimum Gasteiger partial charge on any atom is -0.462 e. The van der Waals surface area contributed by atoms with Crippen molar-refractivity contribution in [3.63, 3.8) is 0 Å². The Bertz CT molecular complexity index is 336. The van der Waals surface area contributed by atoms with Crippen LogP contribution in [0.2, 0.25) is 0 Å². The average Bonchev–Trinajstić information content (AvgIpc) is 2.69. The van der Waals surface area contributed by atoms with Crippen molar-refractivity contribution in [1.29, 1.82) is 0 Å². The van der Waals surface area contributed by atoms with E-state index in [4.69, 9.17) is 4.74 Å². The van der Waals surface area contributed by atoms with E-state index in [0.717, 1.165) is 24.0 Å². The van der Waals surface area contributed by atoms with Crippen LogP contribution < -0.4 is 0 Å². The van der Waals surface area contributed by atoms with Crippen LogP contribution in [0, 0.1) is 0 Å². The van der Waals surface area contributed by atoms with Gasteiger partial charge in [-0.25, -0.2) is 4.79 Å². The molecule has 14 heavy (non-hydrogen) atoms. The zero-order chi connectivity index (χ0) is 10.1. The Morgan fingerprint density at radius 3 is 3.14 bits per heavy atom. The average molecular weight is 212 g/mol. The predicted octanol–water partition coefficient (Wildman–Crippen LogP) is 1.20. The lowest BCUT2D eigenvalue weighted by molar-refractivity contribution is -0.137. The Labute approximate surface area is 87.0 Å². The maximum Gasteiger partial charge on any atom is 0.346 e. The number of amidine groups is 1. The summed E-state index contributed by atoms with van der Waals surface area (Å²) in [5.74, 6) is -0.230. The first-order valence-corrected chi connectivity index (χ1v) is 5.43. The number of fused-ring (bicyclic) bond motifs is 1. The summed E-state index contributed by atoms with van der Waals surface area (Å²) in [5, 5.41) is 0.936. The Kier molecular flexibility index (Phi) is 2.50. The van der Waals surface area contributed by atoms with E-state index in [9.17, 15) is 4.79 Å². The first-order valence-electron chi connectivity index (χ1n) is 4.62. The number of ether oxygens (including phenoxy) is 1. The summed E-state index contributed by atoms with van der Waals surface area (Å²) in [6, 6.07) is 0. The molecule has 0 radical (unpaired) electrons. The molecule has 0 atom stereocenters. The van der Waals surface area contributed by atoms with Gasteiger partial charge >= 0.3 is 5.97 Å². The molecule has 4 nitrogen and oxygen atoms in total. The number of aliphatic imine (C=N–C) groups is 1. The van der Waals surface area contributed by atoms with Crippen LogP contribution >= 0.6 is 11.8 Å². The molecule has 0 N–H and O–H groups in total. The maximum absolute atomic E-state index is 11.5. The number of rotatable bonds is 2. The minimum absolute atomic E-state index is 0.230. The van der Waals surface area contributed by atoms with Crippen molar-refractivity contribution in [1.82, 2.24) is 4.90 Å². The molecule has 0 fully saturated rings. The van der Waals surface area contributed by atoms with Gasteiger partial charge < -0.3 is 9.64 Å². The van der Waals surface area contributed by atoms with Gasteiger partial charge in [-0.1, -0.05) is 0 Å². The second kappa shape index (κ2) is 3.65. The number of allylic oxidation sites excluding steroid dienone is 1. The molecular formula is C9H12N2O2S. The third-order valence-corrected chi connectivity index (χ3v) is 3.39. The molecule has 0 unspecified atom stereocenters. The second-order valence-electron chi connectivity index (χ2n) is 3.05. The highest BCUT2D eigenvalue weighted by molar-refractivity contribution is 8.18. The zero-order valence-electron chi connectivity index (χ0n) is 8.24. The predicted molar refractivity (Wildman–Crippen MR) is 55.9 cm³/mol. The molecule has 2 aliphatic rings. The van der Waals surface area contributed by atoms with E-state index in [-0.39, 0.29) is 5.97 Å². The molecule has 0 saturated carbocycles. The molecular weight excluding hydrogens is 200 g/mol. The van der Waals surface area contributed by atoms with E-state index in [1.54, 1.807) is 0 Å². The normalized spacial score (nSPS) is 19.9. The topological polar surface area (TPSA) is 41.9 Å². The quantitative estimate of drug-likeness (QED) is 0.645. The molecule has 0 aromatic heterocycles. The molecule has 0 aliphatic carbocycles. The highest BCUT2D eigenvalue weighted by Gasteiger charge is 2.33. The van der Waals surface area contributed by atoms with Gasteiger partial charge in [0.2, 0.25) is 0 Å². The number of thioether (sulfide) groups is 1. The fraction of sp³-hybridized carbons (Fsp3) is 0.556. The van der Waals surface area contributed by atoms with E-state index in [1.165, 1.54) is 11.8 Å². The highest BCUT2D eigenvalue weighted by Crippen LogP contribution is 2.36. The lowest BCUT2D eigenvalue weighted by Gasteiger charge is -2.11. The van der Waals surface area contributed by atoms with Gasteiger partial charge in [-0.2, -0.15) is 0 Å². The molecule has 0 bridgehead atoms. The fourth-order valence-corrected chi connectivity index (χ4v) is 2.58. The van der Waals surface area contributed by atoms with Crippen LogP contribution in [0.5, 0.6) is 0 Å². The van der Waals surface area contributed by atoms with Gasteiger partial charge in [0.15, 0.2) is 5.17 Å². The summed E-state index contributed by atoms with van der Waals surface area (Å²) in [6.07, 6.45) is 0. The molecule has 2 aliphatic heterocycles. The van der Waals surface area contributed by atoms with E-state index in [1.807, 2.05) is 13.8 Å². The molecule has 0 amide bonds. The van der Waals surface area contributed by atoms with Crippen LogP contribution in [-0.2, 0) is 9.53 Å². The van der Waals surface area contributed by atoms with E-state index in [0.29, 0.717) is 11.5 Å². The van der Waals surface area contributed by atoms with Crippen LogP contribution in [0.4, 0.5) is 0 Å². The van der Waals surface area contributed by atoms with E-state index in [2.05, 4.69) is 9.89 Å². The zero-order valence-corrected chi connectivity index (χ0v) is 9.06. The van der Waals surface area contributed by atoms with Gasteiger partial charge in [0.1, 0.15) is 4.91 Å². The molecule has 2 rings (SSSR count). The third kappa shape index (κ3) is 1.41. The summed E-state index contributed by atoms with van der Waals surface area (Å²) in [7, 11) is 0. The molecule has 5 heteroatoms. The second-order valence-corrected chi connectivity index (χ2v) is 4.03. The summed E-state index contributed by atoms with van der Waals surface area (Å²) >= 11 is 1.42.